The number of hydrogen-bond donors (Lipinski definition) is 3. The average Bonchev–Trinajstić information content (AvgIpc) is 3.51. The number of hydrogen-bond acceptors (Lipinski definition) is 17. The second kappa shape index (κ2) is 36.6. The van der Waals surface area contributed by atoms with E-state index >= 15 is 0 Å². The number of carboxylic acids is 1. The number of carbonyl (C=O) groups is 2. The molecule has 3 N–H and O–H groups in total. The predicted molar refractivity (Wildman–Crippen MR) is 204 cm³/mol. The highest BCUT2D eigenvalue weighted by Crippen LogP contribution is 2.38. The van der Waals surface area contributed by atoms with Gasteiger partial charge in [0.1, 0.15) is 6.23 Å². The largest absolute Gasteiger partial charge is 0.481 e. The number of nitrogens with zero attached hydrogens (tertiary/aromatic N) is 2. The summed E-state index contributed by atoms with van der Waals surface area (Å²) in [5.41, 5.74) is 0.904. The third kappa shape index (κ3) is 27.8. The highest BCUT2D eigenvalue weighted by atomic mass is 16.6. The molecule has 0 spiro atoms. The monoisotopic (exact) mass is 821 g/mol. The zero-order valence-corrected chi connectivity index (χ0v) is 33.6. The molecule has 0 bridgehead atoms. The Balaban J connectivity index is 1.19. The second-order valence-corrected chi connectivity index (χ2v) is 12.5. The highest BCUT2D eigenvalue weighted by Gasteiger charge is 2.42. The van der Waals surface area contributed by atoms with E-state index in [9.17, 15) is 14.7 Å². The molecule has 57 heavy (non-hydrogen) atoms. The van der Waals surface area contributed by atoms with Crippen LogP contribution < -0.4 is 5.32 Å². The van der Waals surface area contributed by atoms with Crippen LogP contribution in [-0.4, -0.2) is 210 Å². The lowest BCUT2D eigenvalue weighted by molar-refractivity contribution is -0.138. The van der Waals surface area contributed by atoms with Gasteiger partial charge < -0.3 is 72.0 Å². The molecule has 1 unspecified atom stereocenters. The van der Waals surface area contributed by atoms with Crippen LogP contribution in [0.4, 0.5) is 0 Å². The molecular formula is C38H67N3O16. The SMILES string of the molecule is CN1C(=O)C[C@H](C(O)NCCOCCOCCOCCOCCOCCOCCOCCOCCOCCOCCOCCOCCC(=O)O)[C@H]1c1cccnc1. The van der Waals surface area contributed by atoms with Crippen LogP contribution in [0.15, 0.2) is 24.5 Å². The lowest BCUT2D eigenvalue weighted by Crippen LogP contribution is -2.40. The summed E-state index contributed by atoms with van der Waals surface area (Å²) in [6.45, 7) is 11.1. The van der Waals surface area contributed by atoms with Crippen LogP contribution >= 0.6 is 0 Å². The first-order valence-corrected chi connectivity index (χ1v) is 19.7. The predicted octanol–water partition coefficient (Wildman–Crippen LogP) is 0.183. The molecule has 0 radical (unpaired) electrons. The van der Waals surface area contributed by atoms with Gasteiger partial charge in [-0.2, -0.15) is 0 Å². The first-order valence-electron chi connectivity index (χ1n) is 19.7. The molecule has 19 nitrogen and oxygen atoms in total. The maximum absolute atomic E-state index is 12.3. The molecule has 0 saturated carbocycles. The molecule has 1 aliphatic rings. The van der Waals surface area contributed by atoms with Crippen LogP contribution in [0.1, 0.15) is 24.4 Å². The first kappa shape index (κ1) is 50.7. The topological polar surface area (TPSA) is 214 Å². The molecule has 3 atom stereocenters. The first-order chi connectivity index (χ1) is 28.0. The number of nitrogens with one attached hydrogen (secondary N) is 1. The van der Waals surface area contributed by atoms with Crippen molar-refractivity contribution in [2.24, 2.45) is 5.92 Å². The molecule has 19 heteroatoms. The summed E-state index contributed by atoms with van der Waals surface area (Å²) in [6.07, 6.45) is 2.84. The summed E-state index contributed by atoms with van der Waals surface area (Å²) in [5.74, 6) is -1.15. The maximum Gasteiger partial charge on any atom is 0.305 e. The van der Waals surface area contributed by atoms with Gasteiger partial charge in [0.25, 0.3) is 0 Å². The Bertz CT molecular complexity index is 1080. The number of ether oxygens (including phenoxy) is 12. The molecule has 0 aromatic carbocycles. The number of aromatic nitrogens is 1. The summed E-state index contributed by atoms with van der Waals surface area (Å²) in [5, 5.41) is 22.3. The summed E-state index contributed by atoms with van der Waals surface area (Å²) in [6, 6.07) is 3.53. The van der Waals surface area contributed by atoms with E-state index in [-0.39, 0.29) is 37.3 Å². The van der Waals surface area contributed by atoms with Gasteiger partial charge in [-0.05, 0) is 11.6 Å². The quantitative estimate of drug-likeness (QED) is 0.0593. The zero-order valence-electron chi connectivity index (χ0n) is 33.6. The zero-order chi connectivity index (χ0) is 40.9. The Morgan fingerprint density at radius 3 is 1.33 bits per heavy atom. The van der Waals surface area contributed by atoms with Crippen molar-refractivity contribution in [1.82, 2.24) is 15.2 Å². The number of likely N-dealkylation sites (tertiary alicyclic amines) is 1. The average molecular weight is 822 g/mol. The Labute approximate surface area is 336 Å². The van der Waals surface area contributed by atoms with Gasteiger partial charge in [-0.3, -0.25) is 19.9 Å². The number of carboxylic acid groups (broad SMARTS) is 1. The molecule has 1 fully saturated rings. The normalized spacial score (nSPS) is 16.2. The van der Waals surface area contributed by atoms with Crippen molar-refractivity contribution in [3.63, 3.8) is 0 Å². The van der Waals surface area contributed by atoms with E-state index in [0.717, 1.165) is 5.56 Å². The number of carbonyl (C=O) groups excluding carboxylic acids is 1. The molecule has 2 rings (SSSR count). The highest BCUT2D eigenvalue weighted by molar-refractivity contribution is 5.79. The fraction of sp³-hybridized carbons (Fsp3) is 0.816. The summed E-state index contributed by atoms with van der Waals surface area (Å²) < 4.78 is 65.3. The minimum absolute atomic E-state index is 0.000461. The number of aliphatic hydroxyl groups excluding tert-OH is 1. The number of amides is 1. The molecule has 2 heterocycles. The minimum Gasteiger partial charge on any atom is -0.481 e. The minimum atomic E-state index is -0.879. The van der Waals surface area contributed by atoms with Gasteiger partial charge in [-0.15, -0.1) is 0 Å². The van der Waals surface area contributed by atoms with Crippen LogP contribution in [0.5, 0.6) is 0 Å². The molecule has 0 aliphatic carbocycles. The van der Waals surface area contributed by atoms with Crippen molar-refractivity contribution in [2.45, 2.75) is 25.1 Å². The maximum atomic E-state index is 12.3. The summed E-state index contributed by atoms with van der Waals surface area (Å²) in [4.78, 5) is 28.5. The summed E-state index contributed by atoms with van der Waals surface area (Å²) in [7, 11) is 1.76. The fourth-order valence-corrected chi connectivity index (χ4v) is 5.32. The van der Waals surface area contributed by atoms with E-state index < -0.39 is 12.2 Å². The van der Waals surface area contributed by atoms with Crippen molar-refractivity contribution in [3.8, 4) is 0 Å². The lowest BCUT2D eigenvalue weighted by Gasteiger charge is -2.28. The van der Waals surface area contributed by atoms with E-state index in [0.29, 0.717) is 159 Å². The lowest BCUT2D eigenvalue weighted by atomic mass is 9.93. The van der Waals surface area contributed by atoms with Gasteiger partial charge in [-0.25, -0.2) is 0 Å². The Morgan fingerprint density at radius 2 is 1.00 bits per heavy atom. The number of rotatable bonds is 42. The molecule has 1 aliphatic heterocycles. The van der Waals surface area contributed by atoms with Gasteiger partial charge in [0.15, 0.2) is 0 Å². The Hall–Kier alpha value is -2.47. The van der Waals surface area contributed by atoms with E-state index in [1.807, 2.05) is 12.1 Å². The van der Waals surface area contributed by atoms with Crippen molar-refractivity contribution in [1.29, 1.82) is 0 Å². The Kier molecular flexibility index (Phi) is 32.5. The molecule has 1 saturated heterocycles. The molecule has 1 aromatic heterocycles. The Morgan fingerprint density at radius 1 is 0.649 bits per heavy atom. The van der Waals surface area contributed by atoms with Gasteiger partial charge in [-0.1, -0.05) is 6.07 Å². The number of aliphatic hydroxyl groups is 1. The van der Waals surface area contributed by atoms with Crippen LogP contribution in [0, 0.1) is 5.92 Å². The van der Waals surface area contributed by atoms with Crippen molar-refractivity contribution in [2.75, 3.05) is 172 Å². The molecule has 1 amide bonds. The summed E-state index contributed by atoms with van der Waals surface area (Å²) >= 11 is 0. The van der Waals surface area contributed by atoms with Gasteiger partial charge >= 0.3 is 5.97 Å². The molecule has 330 valence electrons. The number of pyridine rings is 1. The van der Waals surface area contributed by atoms with Crippen molar-refractivity contribution < 1.29 is 76.6 Å². The van der Waals surface area contributed by atoms with Gasteiger partial charge in [0.05, 0.1) is 171 Å². The van der Waals surface area contributed by atoms with Crippen LogP contribution in [-0.2, 0) is 66.4 Å². The van der Waals surface area contributed by atoms with E-state index in [1.165, 1.54) is 0 Å². The van der Waals surface area contributed by atoms with E-state index in [4.69, 9.17) is 61.9 Å². The van der Waals surface area contributed by atoms with Gasteiger partial charge in [0.2, 0.25) is 5.91 Å². The van der Waals surface area contributed by atoms with Crippen LogP contribution in [0.25, 0.3) is 0 Å². The van der Waals surface area contributed by atoms with E-state index in [2.05, 4.69) is 10.3 Å². The standard InChI is InChI=1S/C38H67N3O16/c1-41-35(42)31-34(37(41)33-3-2-5-39-32-33)38(45)40-6-8-47-10-12-49-14-16-51-18-20-53-22-24-55-26-28-57-30-29-56-27-25-54-23-21-52-19-17-50-15-13-48-11-9-46-7-4-36(43)44/h2-3,5,32,34,37-38,40,45H,4,6-31H2,1H3,(H,43,44)/t34-,37+,38?/m0/s1. The number of aliphatic carboxylic acids is 1. The fourth-order valence-electron chi connectivity index (χ4n) is 5.32. The van der Waals surface area contributed by atoms with Crippen molar-refractivity contribution in [3.05, 3.63) is 30.1 Å². The third-order valence-electron chi connectivity index (χ3n) is 8.21. The second-order valence-electron chi connectivity index (χ2n) is 12.5. The molecule has 1 aromatic rings. The smallest absolute Gasteiger partial charge is 0.305 e. The van der Waals surface area contributed by atoms with Crippen LogP contribution in [0.3, 0.4) is 0 Å². The van der Waals surface area contributed by atoms with Gasteiger partial charge in [0, 0.05) is 38.3 Å². The molecular weight excluding hydrogens is 754 g/mol. The van der Waals surface area contributed by atoms with E-state index in [1.54, 1.807) is 24.3 Å². The third-order valence-corrected chi connectivity index (χ3v) is 8.21. The van der Waals surface area contributed by atoms with Crippen molar-refractivity contribution >= 4 is 11.9 Å². The van der Waals surface area contributed by atoms with Crippen LogP contribution in [0.2, 0.25) is 0 Å².